The first-order valence-corrected chi connectivity index (χ1v) is 5.58. The third-order valence-electron chi connectivity index (χ3n) is 3.21. The molecule has 0 aliphatic heterocycles. The zero-order chi connectivity index (χ0) is 9.97. The fraction of sp³-hybridized carbons (Fsp3) is 0.538. The van der Waals surface area contributed by atoms with Crippen molar-refractivity contribution in [1.29, 1.82) is 0 Å². The van der Waals surface area contributed by atoms with Gasteiger partial charge in [0.25, 0.3) is 0 Å². The van der Waals surface area contributed by atoms with Crippen LogP contribution in [-0.2, 0) is 6.42 Å². The molecule has 1 aliphatic carbocycles. The minimum atomic E-state index is 0.827. The van der Waals surface area contributed by atoms with Gasteiger partial charge in [-0.3, -0.25) is 0 Å². The first kappa shape index (κ1) is 9.72. The van der Waals surface area contributed by atoms with Gasteiger partial charge >= 0.3 is 0 Å². The molecule has 1 N–H and O–H groups in total. The lowest BCUT2D eigenvalue weighted by molar-refractivity contribution is 0.698. The van der Waals surface area contributed by atoms with Gasteiger partial charge in [0.1, 0.15) is 0 Å². The monoisotopic (exact) mass is 189 g/mol. The summed E-state index contributed by atoms with van der Waals surface area (Å²) in [6, 6.07) is 9.15. The fourth-order valence-electron chi connectivity index (χ4n) is 2.14. The standard InChI is InChI=1S/C13H19N/c1-3-10-4-6-11(7-5-10)13-8-12(13)9-14-2/h4-7,12-14H,3,8-9H2,1-2H3/t12-,13+/m0/s1. The molecule has 0 saturated heterocycles. The Kier molecular flexibility index (Phi) is 2.87. The molecule has 1 aromatic carbocycles. The molecular formula is C13H19N. The van der Waals surface area contributed by atoms with Gasteiger partial charge in [0, 0.05) is 0 Å². The molecule has 0 bridgehead atoms. The summed E-state index contributed by atoms with van der Waals surface area (Å²) in [5, 5.41) is 3.25. The van der Waals surface area contributed by atoms with Crippen molar-refractivity contribution in [3.05, 3.63) is 35.4 Å². The van der Waals surface area contributed by atoms with Crippen LogP contribution in [0.2, 0.25) is 0 Å². The third-order valence-corrected chi connectivity index (χ3v) is 3.21. The van der Waals surface area contributed by atoms with Crippen LogP contribution in [0.1, 0.15) is 30.4 Å². The molecule has 0 unspecified atom stereocenters. The first-order valence-electron chi connectivity index (χ1n) is 5.58. The van der Waals surface area contributed by atoms with Crippen LogP contribution in [0.5, 0.6) is 0 Å². The molecule has 0 spiro atoms. The minimum absolute atomic E-state index is 0.827. The SMILES string of the molecule is CCc1ccc([C@H]2C[C@H]2CNC)cc1. The summed E-state index contributed by atoms with van der Waals surface area (Å²) in [6.45, 7) is 3.37. The predicted molar refractivity (Wildman–Crippen MR) is 60.6 cm³/mol. The largest absolute Gasteiger partial charge is 0.319 e. The van der Waals surface area contributed by atoms with Gasteiger partial charge < -0.3 is 5.32 Å². The molecule has 2 rings (SSSR count). The van der Waals surface area contributed by atoms with Crippen LogP contribution in [-0.4, -0.2) is 13.6 Å². The highest BCUT2D eigenvalue weighted by atomic mass is 14.8. The van der Waals surface area contributed by atoms with Gasteiger partial charge in [0.15, 0.2) is 0 Å². The Morgan fingerprint density at radius 3 is 2.57 bits per heavy atom. The van der Waals surface area contributed by atoms with Crippen LogP contribution in [0, 0.1) is 5.92 Å². The summed E-state index contributed by atoms with van der Waals surface area (Å²) >= 11 is 0. The van der Waals surface area contributed by atoms with E-state index in [4.69, 9.17) is 0 Å². The molecule has 1 aliphatic rings. The van der Waals surface area contributed by atoms with Gasteiger partial charge in [-0.05, 0) is 49.4 Å². The third kappa shape index (κ3) is 1.98. The number of rotatable bonds is 4. The molecule has 1 nitrogen and oxygen atoms in total. The van der Waals surface area contributed by atoms with E-state index in [9.17, 15) is 0 Å². The summed E-state index contributed by atoms with van der Waals surface area (Å²) in [5.74, 6) is 1.71. The number of hydrogen-bond donors (Lipinski definition) is 1. The lowest BCUT2D eigenvalue weighted by Crippen LogP contribution is -2.10. The highest BCUT2D eigenvalue weighted by Gasteiger charge is 2.37. The zero-order valence-corrected chi connectivity index (χ0v) is 9.09. The molecule has 76 valence electrons. The topological polar surface area (TPSA) is 12.0 Å². The van der Waals surface area contributed by atoms with E-state index < -0.39 is 0 Å². The molecule has 1 heteroatoms. The van der Waals surface area contributed by atoms with E-state index in [0.717, 1.165) is 18.3 Å². The number of benzene rings is 1. The summed E-state index contributed by atoms with van der Waals surface area (Å²) in [7, 11) is 2.04. The first-order chi connectivity index (χ1) is 6.85. The highest BCUT2D eigenvalue weighted by molar-refractivity contribution is 5.29. The molecule has 0 amide bonds. The average Bonchev–Trinajstić information content (AvgIpc) is 2.98. The minimum Gasteiger partial charge on any atom is -0.319 e. The van der Waals surface area contributed by atoms with Crippen LogP contribution in [0.15, 0.2) is 24.3 Å². The molecule has 1 aromatic rings. The van der Waals surface area contributed by atoms with E-state index in [2.05, 4.69) is 36.5 Å². The van der Waals surface area contributed by atoms with Crippen molar-refractivity contribution in [1.82, 2.24) is 5.32 Å². The van der Waals surface area contributed by atoms with Gasteiger partial charge in [0.2, 0.25) is 0 Å². The van der Waals surface area contributed by atoms with Gasteiger partial charge in [-0.1, -0.05) is 31.2 Å². The molecule has 1 fully saturated rings. The van der Waals surface area contributed by atoms with Gasteiger partial charge in [-0.2, -0.15) is 0 Å². The summed E-state index contributed by atoms with van der Waals surface area (Å²) in [4.78, 5) is 0. The summed E-state index contributed by atoms with van der Waals surface area (Å²) in [6.07, 6.45) is 2.51. The van der Waals surface area contributed by atoms with Crippen LogP contribution in [0.3, 0.4) is 0 Å². The van der Waals surface area contributed by atoms with E-state index >= 15 is 0 Å². The van der Waals surface area contributed by atoms with E-state index in [-0.39, 0.29) is 0 Å². The Labute approximate surface area is 86.5 Å². The van der Waals surface area contributed by atoms with Crippen molar-refractivity contribution in [3.8, 4) is 0 Å². The fourth-order valence-corrected chi connectivity index (χ4v) is 2.14. The number of aryl methyl sites for hydroxylation is 1. The van der Waals surface area contributed by atoms with Crippen molar-refractivity contribution >= 4 is 0 Å². The van der Waals surface area contributed by atoms with Gasteiger partial charge in [0.05, 0.1) is 0 Å². The van der Waals surface area contributed by atoms with Crippen LogP contribution >= 0.6 is 0 Å². The second-order valence-electron chi connectivity index (χ2n) is 4.26. The quantitative estimate of drug-likeness (QED) is 0.767. The molecule has 2 atom stereocenters. The smallest absolute Gasteiger partial charge is 0.00175 e. The maximum absolute atomic E-state index is 3.25. The Balaban J connectivity index is 1.98. The second-order valence-corrected chi connectivity index (χ2v) is 4.26. The highest BCUT2D eigenvalue weighted by Crippen LogP contribution is 2.46. The van der Waals surface area contributed by atoms with E-state index in [1.54, 1.807) is 0 Å². The average molecular weight is 189 g/mol. The Hall–Kier alpha value is -0.820. The van der Waals surface area contributed by atoms with Crippen molar-refractivity contribution in [3.63, 3.8) is 0 Å². The molecular weight excluding hydrogens is 170 g/mol. The van der Waals surface area contributed by atoms with Crippen molar-refractivity contribution in [2.75, 3.05) is 13.6 Å². The zero-order valence-electron chi connectivity index (χ0n) is 9.09. The summed E-state index contributed by atoms with van der Waals surface area (Å²) < 4.78 is 0. The second kappa shape index (κ2) is 4.14. The molecule has 0 aromatic heterocycles. The number of hydrogen-bond acceptors (Lipinski definition) is 1. The Morgan fingerprint density at radius 1 is 1.29 bits per heavy atom. The molecule has 0 radical (unpaired) electrons. The van der Waals surface area contributed by atoms with Crippen molar-refractivity contribution in [2.24, 2.45) is 5.92 Å². The van der Waals surface area contributed by atoms with Crippen molar-refractivity contribution < 1.29 is 0 Å². The maximum Gasteiger partial charge on any atom is -0.00175 e. The lowest BCUT2D eigenvalue weighted by Gasteiger charge is -2.02. The predicted octanol–water partition coefficient (Wildman–Crippen LogP) is 2.57. The van der Waals surface area contributed by atoms with E-state index in [1.165, 1.54) is 24.1 Å². The van der Waals surface area contributed by atoms with E-state index in [1.807, 2.05) is 7.05 Å². The molecule has 14 heavy (non-hydrogen) atoms. The molecule has 1 saturated carbocycles. The van der Waals surface area contributed by atoms with Gasteiger partial charge in [-0.25, -0.2) is 0 Å². The van der Waals surface area contributed by atoms with Crippen molar-refractivity contribution in [2.45, 2.75) is 25.7 Å². The Bertz CT molecular complexity index is 289. The van der Waals surface area contributed by atoms with Crippen LogP contribution in [0.4, 0.5) is 0 Å². The van der Waals surface area contributed by atoms with Crippen LogP contribution in [0.25, 0.3) is 0 Å². The number of nitrogens with one attached hydrogen (secondary N) is 1. The van der Waals surface area contributed by atoms with Crippen LogP contribution < -0.4 is 5.32 Å². The normalized spacial score (nSPS) is 25.0. The maximum atomic E-state index is 3.25. The van der Waals surface area contributed by atoms with Gasteiger partial charge in [-0.15, -0.1) is 0 Å². The molecule has 0 heterocycles. The Morgan fingerprint density at radius 2 is 2.00 bits per heavy atom. The van der Waals surface area contributed by atoms with E-state index in [0.29, 0.717) is 0 Å². The lowest BCUT2D eigenvalue weighted by atomic mass is 10.1. The summed E-state index contributed by atoms with van der Waals surface area (Å²) in [5.41, 5.74) is 2.97.